The van der Waals surface area contributed by atoms with E-state index < -0.39 is 12.1 Å². The number of nitrogens with one attached hydrogen (secondary N) is 1. The second-order valence-corrected chi connectivity index (χ2v) is 6.89. The van der Waals surface area contributed by atoms with Crippen molar-refractivity contribution >= 4 is 6.03 Å². The van der Waals surface area contributed by atoms with E-state index in [0.29, 0.717) is 26.2 Å². The fourth-order valence-corrected chi connectivity index (χ4v) is 3.22. The molecule has 1 heterocycles. The fraction of sp³-hybridized carbons (Fsp3) is 0.333. The molecule has 2 aromatic carbocycles. The van der Waals surface area contributed by atoms with Crippen LogP contribution in [0.1, 0.15) is 16.7 Å². The van der Waals surface area contributed by atoms with Crippen LogP contribution in [0.15, 0.2) is 48.5 Å². The first kappa shape index (κ1) is 21.5. The predicted molar refractivity (Wildman–Crippen MR) is 103 cm³/mol. The van der Waals surface area contributed by atoms with Crippen LogP contribution in [0, 0.1) is 11.3 Å². The number of carbonyl (C=O) groups excluding carboxylic acids is 1. The maximum absolute atomic E-state index is 12.6. The molecule has 1 saturated heterocycles. The average Bonchev–Trinajstić information content (AvgIpc) is 2.72. The van der Waals surface area contributed by atoms with E-state index in [0.717, 1.165) is 12.6 Å². The van der Waals surface area contributed by atoms with E-state index in [4.69, 9.17) is 5.26 Å². The Kier molecular flexibility index (Phi) is 6.79. The lowest BCUT2D eigenvalue weighted by atomic mass is 10.1. The van der Waals surface area contributed by atoms with Gasteiger partial charge >= 0.3 is 12.4 Å². The molecule has 0 atom stereocenters. The second kappa shape index (κ2) is 9.50. The number of carbonyl (C=O) groups is 1. The topological polar surface area (TPSA) is 68.6 Å². The minimum atomic E-state index is -4.89. The smallest absolute Gasteiger partial charge is 0.405 e. The van der Waals surface area contributed by atoms with Gasteiger partial charge in [0.15, 0.2) is 0 Å². The van der Waals surface area contributed by atoms with Crippen molar-refractivity contribution in [2.45, 2.75) is 19.5 Å². The number of urea groups is 1. The van der Waals surface area contributed by atoms with E-state index in [2.05, 4.69) is 27.1 Å². The highest BCUT2D eigenvalue weighted by Gasteiger charge is 2.32. The first-order chi connectivity index (χ1) is 14.3. The van der Waals surface area contributed by atoms with Crippen LogP contribution in [0.2, 0.25) is 0 Å². The van der Waals surface area contributed by atoms with E-state index in [-0.39, 0.29) is 23.7 Å². The standard InChI is InChI=1S/C21H21F3N4O2/c22-21(23,24)30-19-12-17(13-25)6-7-18(19)14-26-20(29)28-10-8-27(9-11-28)15-16-4-2-1-3-5-16/h1-7,12H,8-11,14-15H2,(H,26,29). The third kappa shape index (κ3) is 6.12. The molecule has 2 amide bonds. The van der Waals surface area contributed by atoms with E-state index in [9.17, 15) is 18.0 Å². The van der Waals surface area contributed by atoms with E-state index in [1.165, 1.54) is 17.7 Å². The lowest BCUT2D eigenvalue weighted by Crippen LogP contribution is -2.51. The first-order valence-corrected chi connectivity index (χ1v) is 9.42. The Labute approximate surface area is 172 Å². The lowest BCUT2D eigenvalue weighted by molar-refractivity contribution is -0.274. The number of hydrogen-bond acceptors (Lipinski definition) is 4. The number of alkyl halides is 3. The van der Waals surface area contributed by atoms with Gasteiger partial charge in [-0.1, -0.05) is 36.4 Å². The van der Waals surface area contributed by atoms with Crippen molar-refractivity contribution in [3.8, 4) is 11.8 Å². The van der Waals surface area contributed by atoms with E-state index in [1.54, 1.807) is 11.0 Å². The van der Waals surface area contributed by atoms with Crippen LogP contribution in [-0.4, -0.2) is 48.4 Å². The highest BCUT2D eigenvalue weighted by Crippen LogP contribution is 2.27. The molecule has 30 heavy (non-hydrogen) atoms. The van der Waals surface area contributed by atoms with E-state index in [1.807, 2.05) is 18.2 Å². The molecule has 9 heteroatoms. The molecule has 3 rings (SSSR count). The molecule has 0 aromatic heterocycles. The minimum Gasteiger partial charge on any atom is -0.405 e. The van der Waals surface area contributed by atoms with Crippen LogP contribution in [-0.2, 0) is 13.1 Å². The monoisotopic (exact) mass is 418 g/mol. The van der Waals surface area contributed by atoms with Gasteiger partial charge in [0.05, 0.1) is 11.6 Å². The van der Waals surface area contributed by atoms with Crippen molar-refractivity contribution in [2.24, 2.45) is 0 Å². The molecular weight excluding hydrogens is 397 g/mol. The number of amides is 2. The van der Waals surface area contributed by atoms with Crippen molar-refractivity contribution in [3.63, 3.8) is 0 Å². The number of ether oxygens (including phenoxy) is 1. The zero-order valence-electron chi connectivity index (χ0n) is 16.2. The maximum atomic E-state index is 12.6. The Balaban J connectivity index is 1.53. The Morgan fingerprint density at radius 2 is 1.80 bits per heavy atom. The summed E-state index contributed by atoms with van der Waals surface area (Å²) >= 11 is 0. The van der Waals surface area contributed by atoms with Crippen molar-refractivity contribution in [2.75, 3.05) is 26.2 Å². The normalized spacial score (nSPS) is 14.8. The second-order valence-electron chi connectivity index (χ2n) is 6.89. The van der Waals surface area contributed by atoms with Gasteiger partial charge in [-0.15, -0.1) is 13.2 Å². The molecule has 0 saturated carbocycles. The van der Waals surface area contributed by atoms with Crippen LogP contribution in [0.5, 0.6) is 5.75 Å². The van der Waals surface area contributed by atoms with Gasteiger partial charge in [-0.05, 0) is 17.7 Å². The molecule has 6 nitrogen and oxygen atoms in total. The summed E-state index contributed by atoms with van der Waals surface area (Å²) in [5.74, 6) is -0.491. The molecular formula is C21H21F3N4O2. The number of halogens is 3. The summed E-state index contributed by atoms with van der Waals surface area (Å²) in [5, 5.41) is 11.5. The van der Waals surface area contributed by atoms with Gasteiger partial charge in [-0.25, -0.2) is 4.79 Å². The summed E-state index contributed by atoms with van der Waals surface area (Å²) in [4.78, 5) is 16.3. The number of nitrogens with zero attached hydrogens (tertiary/aromatic N) is 3. The Bertz CT molecular complexity index is 905. The molecule has 1 fully saturated rings. The SMILES string of the molecule is N#Cc1ccc(CNC(=O)N2CCN(Cc3ccccc3)CC2)c(OC(F)(F)F)c1. The maximum Gasteiger partial charge on any atom is 0.573 e. The number of benzene rings is 2. The summed E-state index contributed by atoms with van der Waals surface area (Å²) in [7, 11) is 0. The number of nitriles is 1. The van der Waals surface area contributed by atoms with Crippen molar-refractivity contribution in [1.82, 2.24) is 15.1 Å². The molecule has 0 aliphatic carbocycles. The molecule has 158 valence electrons. The van der Waals surface area contributed by atoms with Gasteiger partial charge in [0.2, 0.25) is 0 Å². The fourth-order valence-electron chi connectivity index (χ4n) is 3.22. The molecule has 0 unspecified atom stereocenters. The minimum absolute atomic E-state index is 0.0406. The summed E-state index contributed by atoms with van der Waals surface area (Å²) in [6.07, 6.45) is -4.89. The Morgan fingerprint density at radius 3 is 2.43 bits per heavy atom. The summed E-state index contributed by atoms with van der Waals surface area (Å²) in [6.45, 7) is 3.14. The number of rotatable bonds is 5. The largest absolute Gasteiger partial charge is 0.573 e. The van der Waals surface area contributed by atoms with Gasteiger partial charge in [0.1, 0.15) is 5.75 Å². The van der Waals surface area contributed by atoms with Crippen molar-refractivity contribution in [1.29, 1.82) is 5.26 Å². The van der Waals surface area contributed by atoms with Crippen LogP contribution in [0.4, 0.5) is 18.0 Å². The Hall–Kier alpha value is -3.25. The molecule has 1 N–H and O–H groups in total. The molecule has 0 radical (unpaired) electrons. The summed E-state index contributed by atoms with van der Waals surface area (Å²) in [6, 6.07) is 15.2. The predicted octanol–water partition coefficient (Wildman–Crippen LogP) is 3.48. The first-order valence-electron chi connectivity index (χ1n) is 9.42. The van der Waals surface area contributed by atoms with Crippen molar-refractivity contribution < 1.29 is 22.7 Å². The van der Waals surface area contributed by atoms with Crippen LogP contribution in [0.25, 0.3) is 0 Å². The van der Waals surface area contributed by atoms with Crippen LogP contribution in [0.3, 0.4) is 0 Å². The van der Waals surface area contributed by atoms with Gasteiger partial charge in [-0.3, -0.25) is 4.90 Å². The number of hydrogen-bond donors (Lipinski definition) is 1. The third-order valence-electron chi connectivity index (χ3n) is 4.76. The van der Waals surface area contributed by atoms with Crippen LogP contribution < -0.4 is 10.1 Å². The van der Waals surface area contributed by atoms with Crippen molar-refractivity contribution in [3.05, 3.63) is 65.2 Å². The van der Waals surface area contributed by atoms with Gasteiger partial charge in [-0.2, -0.15) is 5.26 Å². The Morgan fingerprint density at radius 1 is 1.10 bits per heavy atom. The van der Waals surface area contributed by atoms with E-state index >= 15 is 0 Å². The lowest BCUT2D eigenvalue weighted by Gasteiger charge is -2.34. The van der Waals surface area contributed by atoms with Gasteiger partial charge < -0.3 is 15.0 Å². The highest BCUT2D eigenvalue weighted by atomic mass is 19.4. The molecule has 1 aliphatic rings. The summed E-state index contributed by atoms with van der Waals surface area (Å²) < 4.78 is 41.9. The molecule has 1 aliphatic heterocycles. The highest BCUT2D eigenvalue weighted by molar-refractivity contribution is 5.74. The van der Waals surface area contributed by atoms with Crippen LogP contribution >= 0.6 is 0 Å². The quantitative estimate of drug-likeness (QED) is 0.807. The molecule has 0 bridgehead atoms. The van der Waals surface area contributed by atoms with Gasteiger partial charge in [0, 0.05) is 44.8 Å². The average molecular weight is 418 g/mol. The number of piperazine rings is 1. The summed E-state index contributed by atoms with van der Waals surface area (Å²) in [5.41, 5.74) is 1.38. The molecule has 2 aromatic rings. The molecule has 0 spiro atoms. The van der Waals surface area contributed by atoms with Gasteiger partial charge in [0.25, 0.3) is 0 Å². The zero-order valence-corrected chi connectivity index (χ0v) is 16.2. The third-order valence-corrected chi connectivity index (χ3v) is 4.76. The zero-order chi connectivity index (χ0) is 21.6.